The first-order valence-electron chi connectivity index (χ1n) is 7.53. The average Bonchev–Trinajstić information content (AvgIpc) is 2.90. The summed E-state index contributed by atoms with van der Waals surface area (Å²) in [5.74, 6) is -1.55. The molecule has 2 heterocycles. The van der Waals surface area contributed by atoms with E-state index in [1.807, 2.05) is 0 Å². The molecule has 0 saturated carbocycles. The van der Waals surface area contributed by atoms with Crippen molar-refractivity contribution in [3.8, 4) is 0 Å². The van der Waals surface area contributed by atoms with Crippen molar-refractivity contribution < 1.29 is 19.3 Å². The Balaban J connectivity index is 1.66. The summed E-state index contributed by atoms with van der Waals surface area (Å²) in [6.45, 7) is 1.42. The normalized spacial score (nSPS) is 14.0. The van der Waals surface area contributed by atoms with Crippen molar-refractivity contribution in [1.29, 1.82) is 0 Å². The van der Waals surface area contributed by atoms with Crippen LogP contribution in [-0.2, 0) is 4.79 Å². The van der Waals surface area contributed by atoms with Gasteiger partial charge in [0.2, 0.25) is 0 Å². The van der Waals surface area contributed by atoms with Crippen LogP contribution >= 0.6 is 0 Å². The highest BCUT2D eigenvalue weighted by Gasteiger charge is 2.40. The third-order valence-electron chi connectivity index (χ3n) is 3.86. The van der Waals surface area contributed by atoms with Gasteiger partial charge in [-0.1, -0.05) is 12.1 Å². The fourth-order valence-corrected chi connectivity index (χ4v) is 2.47. The SMILES string of the molecule is CC(C(=O)NNc1ccc([N+](=O)[O-])cn1)N1C(=O)c2ccccc2C1=O. The lowest BCUT2D eigenvalue weighted by Crippen LogP contribution is -2.49. The molecular weight excluding hydrogens is 342 g/mol. The average molecular weight is 355 g/mol. The van der Waals surface area contributed by atoms with Crippen molar-refractivity contribution in [2.24, 2.45) is 0 Å². The molecular formula is C16H13N5O5. The Morgan fingerprint density at radius 1 is 1.15 bits per heavy atom. The van der Waals surface area contributed by atoms with E-state index in [1.54, 1.807) is 12.1 Å². The summed E-state index contributed by atoms with van der Waals surface area (Å²) >= 11 is 0. The second-order valence-electron chi connectivity index (χ2n) is 5.47. The maximum absolute atomic E-state index is 12.4. The molecule has 1 aliphatic heterocycles. The van der Waals surface area contributed by atoms with Gasteiger partial charge in [-0.3, -0.25) is 40.2 Å². The van der Waals surface area contributed by atoms with Crippen LogP contribution in [0.25, 0.3) is 0 Å². The number of imide groups is 1. The fourth-order valence-electron chi connectivity index (χ4n) is 2.47. The lowest BCUT2D eigenvalue weighted by molar-refractivity contribution is -0.385. The number of carbonyl (C=O) groups excluding carboxylic acids is 3. The van der Waals surface area contributed by atoms with Crippen LogP contribution < -0.4 is 10.9 Å². The molecule has 3 amide bonds. The van der Waals surface area contributed by atoms with Gasteiger partial charge in [-0.15, -0.1) is 0 Å². The maximum Gasteiger partial charge on any atom is 0.287 e. The second kappa shape index (κ2) is 6.59. The topological polar surface area (TPSA) is 135 Å². The standard InChI is InChI=1S/C16H13N5O5/c1-9(20-15(23)11-4-2-3-5-12(11)16(20)24)14(22)19-18-13-7-6-10(8-17-13)21(25)26/h2-9H,1H3,(H,17,18)(H,19,22). The summed E-state index contributed by atoms with van der Waals surface area (Å²) in [6.07, 6.45) is 1.03. The molecule has 0 bridgehead atoms. The molecule has 2 N–H and O–H groups in total. The summed E-state index contributed by atoms with van der Waals surface area (Å²) in [5, 5.41) is 10.6. The Bertz CT molecular complexity index is 877. The first kappa shape index (κ1) is 17.0. The van der Waals surface area contributed by atoms with Crippen molar-refractivity contribution in [2.45, 2.75) is 13.0 Å². The number of nitro groups is 1. The largest absolute Gasteiger partial charge is 0.287 e. The van der Waals surface area contributed by atoms with E-state index in [0.717, 1.165) is 11.1 Å². The molecule has 26 heavy (non-hydrogen) atoms. The Labute approximate surface area is 146 Å². The zero-order valence-electron chi connectivity index (χ0n) is 13.5. The smallest absolute Gasteiger partial charge is 0.282 e. The molecule has 1 aliphatic rings. The van der Waals surface area contributed by atoms with Crippen LogP contribution in [0, 0.1) is 10.1 Å². The van der Waals surface area contributed by atoms with Gasteiger partial charge < -0.3 is 0 Å². The Hall–Kier alpha value is -3.82. The lowest BCUT2D eigenvalue weighted by Gasteiger charge is -2.21. The van der Waals surface area contributed by atoms with Gasteiger partial charge in [0.25, 0.3) is 23.4 Å². The quantitative estimate of drug-likeness (QED) is 0.466. The summed E-state index contributed by atoms with van der Waals surface area (Å²) in [6, 6.07) is 7.80. The number of pyridine rings is 1. The van der Waals surface area contributed by atoms with Crippen molar-refractivity contribution >= 4 is 29.2 Å². The van der Waals surface area contributed by atoms with Crippen LogP contribution in [0.15, 0.2) is 42.6 Å². The first-order valence-corrected chi connectivity index (χ1v) is 7.53. The van der Waals surface area contributed by atoms with Crippen LogP contribution in [0.1, 0.15) is 27.6 Å². The Kier molecular flexibility index (Phi) is 4.31. The molecule has 0 aliphatic carbocycles. The van der Waals surface area contributed by atoms with Gasteiger partial charge in [-0.2, -0.15) is 0 Å². The van der Waals surface area contributed by atoms with Crippen LogP contribution in [-0.4, -0.2) is 38.6 Å². The predicted molar refractivity (Wildman–Crippen MR) is 89.1 cm³/mol. The highest BCUT2D eigenvalue weighted by molar-refractivity contribution is 6.22. The zero-order valence-corrected chi connectivity index (χ0v) is 13.5. The van der Waals surface area contributed by atoms with Gasteiger partial charge in [0.05, 0.1) is 16.1 Å². The summed E-state index contributed by atoms with van der Waals surface area (Å²) < 4.78 is 0. The molecule has 0 saturated heterocycles. The summed E-state index contributed by atoms with van der Waals surface area (Å²) in [7, 11) is 0. The molecule has 3 rings (SSSR count). The maximum atomic E-state index is 12.4. The van der Waals surface area contributed by atoms with Crippen molar-refractivity contribution in [3.63, 3.8) is 0 Å². The van der Waals surface area contributed by atoms with E-state index in [4.69, 9.17) is 0 Å². The van der Waals surface area contributed by atoms with Crippen LogP contribution in [0.2, 0.25) is 0 Å². The second-order valence-corrected chi connectivity index (χ2v) is 5.47. The number of hydrogen-bond donors (Lipinski definition) is 2. The number of rotatable bonds is 5. The van der Waals surface area contributed by atoms with Crippen LogP contribution in [0.3, 0.4) is 0 Å². The summed E-state index contributed by atoms with van der Waals surface area (Å²) in [4.78, 5) is 51.6. The van der Waals surface area contributed by atoms with Crippen LogP contribution in [0.5, 0.6) is 0 Å². The number of amides is 3. The van der Waals surface area contributed by atoms with Gasteiger partial charge in [-0.05, 0) is 25.1 Å². The van der Waals surface area contributed by atoms with E-state index < -0.39 is 28.7 Å². The number of fused-ring (bicyclic) bond motifs is 1. The molecule has 0 spiro atoms. The number of nitrogens with zero attached hydrogens (tertiary/aromatic N) is 3. The summed E-state index contributed by atoms with van der Waals surface area (Å²) in [5.41, 5.74) is 5.12. The number of nitrogens with one attached hydrogen (secondary N) is 2. The van der Waals surface area contributed by atoms with Gasteiger partial charge in [-0.25, -0.2) is 4.98 Å². The predicted octanol–water partition coefficient (Wildman–Crippen LogP) is 1.12. The number of benzene rings is 1. The van der Waals surface area contributed by atoms with Gasteiger partial charge in [0.1, 0.15) is 18.1 Å². The Morgan fingerprint density at radius 2 is 1.77 bits per heavy atom. The van der Waals surface area contributed by atoms with Crippen LogP contribution in [0.4, 0.5) is 11.5 Å². The minimum atomic E-state index is -1.06. The number of aromatic nitrogens is 1. The van der Waals surface area contributed by atoms with E-state index in [9.17, 15) is 24.5 Å². The lowest BCUT2D eigenvalue weighted by atomic mass is 10.1. The molecule has 2 aromatic rings. The van der Waals surface area contributed by atoms with Gasteiger partial charge in [0.15, 0.2) is 0 Å². The molecule has 1 aromatic heterocycles. The molecule has 0 fully saturated rings. The zero-order chi connectivity index (χ0) is 18.8. The van der Waals surface area contributed by atoms with E-state index in [2.05, 4.69) is 15.8 Å². The van der Waals surface area contributed by atoms with Gasteiger partial charge >= 0.3 is 0 Å². The van der Waals surface area contributed by atoms with Crippen molar-refractivity contribution in [1.82, 2.24) is 15.3 Å². The molecule has 1 unspecified atom stereocenters. The van der Waals surface area contributed by atoms with E-state index in [-0.39, 0.29) is 22.6 Å². The number of carbonyl (C=O) groups is 3. The van der Waals surface area contributed by atoms with Crippen molar-refractivity contribution in [3.05, 3.63) is 63.8 Å². The molecule has 10 nitrogen and oxygen atoms in total. The highest BCUT2D eigenvalue weighted by atomic mass is 16.6. The minimum absolute atomic E-state index is 0.165. The van der Waals surface area contributed by atoms with Crippen molar-refractivity contribution in [2.75, 3.05) is 5.43 Å². The molecule has 10 heteroatoms. The molecule has 1 atom stereocenters. The Morgan fingerprint density at radius 3 is 2.27 bits per heavy atom. The number of anilines is 1. The van der Waals surface area contributed by atoms with E-state index in [0.29, 0.717) is 0 Å². The minimum Gasteiger partial charge on any atom is -0.282 e. The number of hydrogen-bond acceptors (Lipinski definition) is 7. The molecule has 0 radical (unpaired) electrons. The fraction of sp³-hybridized carbons (Fsp3) is 0.125. The van der Waals surface area contributed by atoms with E-state index >= 15 is 0 Å². The number of hydrazine groups is 1. The third kappa shape index (κ3) is 2.95. The monoisotopic (exact) mass is 355 g/mol. The van der Waals surface area contributed by atoms with E-state index in [1.165, 1.54) is 31.2 Å². The molecule has 1 aromatic carbocycles. The highest BCUT2D eigenvalue weighted by Crippen LogP contribution is 2.24. The third-order valence-corrected chi connectivity index (χ3v) is 3.86. The van der Waals surface area contributed by atoms with Gasteiger partial charge in [0, 0.05) is 6.07 Å². The first-order chi connectivity index (χ1) is 12.4. The molecule has 132 valence electrons.